The van der Waals surface area contributed by atoms with Gasteiger partial charge in [0, 0.05) is 0 Å². The van der Waals surface area contributed by atoms with E-state index in [9.17, 15) is 9.90 Å². The van der Waals surface area contributed by atoms with Gasteiger partial charge in [0.1, 0.15) is 0 Å². The fourth-order valence-electron chi connectivity index (χ4n) is 1.64. The molecule has 0 amide bonds. The van der Waals surface area contributed by atoms with Crippen LogP contribution in [0.15, 0.2) is 24.3 Å². The standard InChI is InChI=1S/C13H19NO3.ClH/c1-3-8(2)12(15)11(14)9-4-6-10(7-5-9)13(16)17;/h4-8,11-12,15H,3,14H2,1-2H3,(H,16,17);1H/t8?,11-,12+;/m1./s1. The van der Waals surface area contributed by atoms with E-state index >= 15 is 0 Å². The lowest BCUT2D eigenvalue weighted by Gasteiger charge is -2.24. The Morgan fingerprint density at radius 1 is 1.33 bits per heavy atom. The van der Waals surface area contributed by atoms with Crippen molar-refractivity contribution >= 4 is 18.4 Å². The smallest absolute Gasteiger partial charge is 0.335 e. The molecule has 0 radical (unpaired) electrons. The summed E-state index contributed by atoms with van der Waals surface area (Å²) in [4.78, 5) is 10.7. The van der Waals surface area contributed by atoms with Gasteiger partial charge in [-0.2, -0.15) is 0 Å². The fraction of sp³-hybridized carbons (Fsp3) is 0.462. The number of aliphatic hydroxyl groups is 1. The van der Waals surface area contributed by atoms with Crippen molar-refractivity contribution in [2.45, 2.75) is 32.4 Å². The highest BCUT2D eigenvalue weighted by molar-refractivity contribution is 5.87. The molecule has 1 unspecified atom stereocenters. The molecule has 0 heterocycles. The largest absolute Gasteiger partial charge is 0.478 e. The van der Waals surface area contributed by atoms with Crippen LogP contribution in [0.2, 0.25) is 0 Å². The number of nitrogens with two attached hydrogens (primary N) is 1. The van der Waals surface area contributed by atoms with Crippen LogP contribution >= 0.6 is 12.4 Å². The first-order chi connectivity index (χ1) is 7.97. The van der Waals surface area contributed by atoms with E-state index in [1.807, 2.05) is 13.8 Å². The molecule has 0 spiro atoms. The average molecular weight is 274 g/mol. The Morgan fingerprint density at radius 3 is 2.22 bits per heavy atom. The van der Waals surface area contributed by atoms with Crippen molar-refractivity contribution in [2.24, 2.45) is 11.7 Å². The topological polar surface area (TPSA) is 83.5 Å². The molecular formula is C13H20ClNO3. The van der Waals surface area contributed by atoms with Gasteiger partial charge in [0.25, 0.3) is 0 Å². The number of hydrogen-bond acceptors (Lipinski definition) is 3. The number of benzene rings is 1. The van der Waals surface area contributed by atoms with Gasteiger partial charge < -0.3 is 15.9 Å². The molecular weight excluding hydrogens is 254 g/mol. The van der Waals surface area contributed by atoms with Gasteiger partial charge in [0.15, 0.2) is 0 Å². The highest BCUT2D eigenvalue weighted by atomic mass is 35.5. The van der Waals surface area contributed by atoms with E-state index in [4.69, 9.17) is 10.8 Å². The van der Waals surface area contributed by atoms with Gasteiger partial charge in [-0.1, -0.05) is 32.4 Å². The van der Waals surface area contributed by atoms with Crippen LogP contribution in [0.25, 0.3) is 0 Å². The number of aliphatic hydroxyl groups excluding tert-OH is 1. The predicted molar refractivity (Wildman–Crippen MR) is 73.0 cm³/mol. The maximum Gasteiger partial charge on any atom is 0.335 e. The molecule has 0 saturated carbocycles. The zero-order valence-corrected chi connectivity index (χ0v) is 11.4. The van der Waals surface area contributed by atoms with Crippen molar-refractivity contribution in [2.75, 3.05) is 0 Å². The molecule has 1 rings (SSSR count). The number of halogens is 1. The maximum absolute atomic E-state index is 10.7. The zero-order chi connectivity index (χ0) is 13.0. The number of carbonyl (C=O) groups is 1. The van der Waals surface area contributed by atoms with Gasteiger partial charge in [0.05, 0.1) is 17.7 Å². The number of carboxylic acid groups (broad SMARTS) is 1. The Labute approximate surface area is 113 Å². The third-order valence-electron chi connectivity index (χ3n) is 3.14. The minimum absolute atomic E-state index is 0. The lowest BCUT2D eigenvalue weighted by molar-refractivity contribution is 0.0697. The molecule has 0 fully saturated rings. The molecule has 0 bridgehead atoms. The molecule has 4 N–H and O–H groups in total. The summed E-state index contributed by atoms with van der Waals surface area (Å²) in [6.07, 6.45) is 0.234. The number of hydrogen-bond donors (Lipinski definition) is 3. The lowest BCUT2D eigenvalue weighted by atomic mass is 9.91. The van der Waals surface area contributed by atoms with E-state index in [-0.39, 0.29) is 23.9 Å². The summed E-state index contributed by atoms with van der Waals surface area (Å²) in [5.41, 5.74) is 6.92. The van der Waals surface area contributed by atoms with E-state index in [2.05, 4.69) is 0 Å². The van der Waals surface area contributed by atoms with E-state index < -0.39 is 18.1 Å². The molecule has 5 heteroatoms. The van der Waals surface area contributed by atoms with Gasteiger partial charge in [-0.05, 0) is 23.6 Å². The molecule has 4 nitrogen and oxygen atoms in total. The van der Waals surface area contributed by atoms with E-state index in [0.717, 1.165) is 12.0 Å². The molecule has 0 aliphatic carbocycles. The highest BCUT2D eigenvalue weighted by Gasteiger charge is 2.21. The van der Waals surface area contributed by atoms with Crippen LogP contribution < -0.4 is 5.73 Å². The molecule has 18 heavy (non-hydrogen) atoms. The van der Waals surface area contributed by atoms with Crippen LogP contribution in [0.5, 0.6) is 0 Å². The molecule has 1 aromatic rings. The number of carboxylic acids is 1. The fourth-order valence-corrected chi connectivity index (χ4v) is 1.64. The summed E-state index contributed by atoms with van der Waals surface area (Å²) in [5.74, 6) is -0.850. The summed E-state index contributed by atoms with van der Waals surface area (Å²) < 4.78 is 0. The average Bonchev–Trinajstić information content (AvgIpc) is 2.36. The molecule has 0 aromatic heterocycles. The van der Waals surface area contributed by atoms with Crippen LogP contribution in [0.1, 0.15) is 42.2 Å². The van der Waals surface area contributed by atoms with Crippen molar-refractivity contribution in [1.82, 2.24) is 0 Å². The van der Waals surface area contributed by atoms with E-state index in [1.54, 1.807) is 12.1 Å². The maximum atomic E-state index is 10.7. The molecule has 3 atom stereocenters. The zero-order valence-electron chi connectivity index (χ0n) is 10.5. The third kappa shape index (κ3) is 3.98. The van der Waals surface area contributed by atoms with Crippen molar-refractivity contribution in [3.05, 3.63) is 35.4 Å². The second kappa shape index (κ2) is 7.36. The van der Waals surface area contributed by atoms with Gasteiger partial charge in [-0.15, -0.1) is 12.4 Å². The SMILES string of the molecule is CCC(C)[C@H](O)[C@H](N)c1ccc(C(=O)O)cc1.Cl. The summed E-state index contributed by atoms with van der Waals surface area (Å²) >= 11 is 0. The lowest BCUT2D eigenvalue weighted by Crippen LogP contribution is -2.31. The van der Waals surface area contributed by atoms with E-state index in [0.29, 0.717) is 0 Å². The normalized spacial score (nSPS) is 15.3. The number of aromatic carboxylic acids is 1. The first kappa shape index (κ1) is 16.9. The third-order valence-corrected chi connectivity index (χ3v) is 3.14. The molecule has 0 aliphatic rings. The second-order valence-electron chi connectivity index (χ2n) is 4.33. The predicted octanol–water partition coefficient (Wildman–Crippen LogP) is 2.21. The number of rotatable bonds is 5. The van der Waals surface area contributed by atoms with Crippen LogP contribution in [0.3, 0.4) is 0 Å². The second-order valence-corrected chi connectivity index (χ2v) is 4.33. The van der Waals surface area contributed by atoms with Crippen molar-refractivity contribution in [3.8, 4) is 0 Å². The van der Waals surface area contributed by atoms with Gasteiger partial charge in [-0.3, -0.25) is 0 Å². The Hall–Kier alpha value is -1.10. The highest BCUT2D eigenvalue weighted by Crippen LogP contribution is 2.21. The summed E-state index contributed by atoms with van der Waals surface area (Å²) in [7, 11) is 0. The Kier molecular flexibility index (Phi) is 6.91. The van der Waals surface area contributed by atoms with E-state index in [1.165, 1.54) is 12.1 Å². The first-order valence-electron chi connectivity index (χ1n) is 5.74. The van der Waals surface area contributed by atoms with Crippen LogP contribution in [-0.4, -0.2) is 22.3 Å². The molecule has 0 aliphatic heterocycles. The minimum Gasteiger partial charge on any atom is -0.478 e. The molecule has 102 valence electrons. The summed E-state index contributed by atoms with van der Waals surface area (Å²) in [6.45, 7) is 3.93. The van der Waals surface area contributed by atoms with Crippen molar-refractivity contribution in [3.63, 3.8) is 0 Å². The Balaban J connectivity index is 0.00000289. The van der Waals surface area contributed by atoms with Gasteiger partial charge >= 0.3 is 5.97 Å². The van der Waals surface area contributed by atoms with Crippen LogP contribution in [0, 0.1) is 5.92 Å². The molecule has 0 saturated heterocycles. The Morgan fingerprint density at radius 2 is 1.83 bits per heavy atom. The first-order valence-corrected chi connectivity index (χ1v) is 5.74. The summed E-state index contributed by atoms with van der Waals surface area (Å²) in [5, 5.41) is 18.7. The van der Waals surface area contributed by atoms with Gasteiger partial charge in [0.2, 0.25) is 0 Å². The molecule has 1 aromatic carbocycles. The quantitative estimate of drug-likeness (QED) is 0.768. The minimum atomic E-state index is -0.965. The van der Waals surface area contributed by atoms with Crippen molar-refractivity contribution < 1.29 is 15.0 Å². The van der Waals surface area contributed by atoms with Crippen LogP contribution in [-0.2, 0) is 0 Å². The van der Waals surface area contributed by atoms with Gasteiger partial charge in [-0.25, -0.2) is 4.79 Å². The van der Waals surface area contributed by atoms with Crippen molar-refractivity contribution in [1.29, 1.82) is 0 Å². The Bertz CT molecular complexity index is 380. The monoisotopic (exact) mass is 273 g/mol. The van der Waals surface area contributed by atoms with Crippen LogP contribution in [0.4, 0.5) is 0 Å². The summed E-state index contributed by atoms with van der Waals surface area (Å²) in [6, 6.07) is 5.83.